The Morgan fingerprint density at radius 3 is 2.95 bits per heavy atom. The van der Waals surface area contributed by atoms with Crippen molar-refractivity contribution in [1.82, 2.24) is 5.32 Å². The summed E-state index contributed by atoms with van der Waals surface area (Å²) in [6.07, 6.45) is 2.53. The topological polar surface area (TPSA) is 44.4 Å². The maximum absolute atomic E-state index is 12.0. The van der Waals surface area contributed by atoms with E-state index in [1.165, 1.54) is 18.5 Å². The molecule has 4 nitrogen and oxygen atoms in total. The molecule has 19 heavy (non-hydrogen) atoms. The molecular formula is C14H19N3OS. The van der Waals surface area contributed by atoms with Crippen molar-refractivity contribution in [3.05, 3.63) is 24.3 Å². The molecule has 5 heteroatoms. The molecule has 0 spiro atoms. The molecule has 1 aromatic carbocycles. The van der Waals surface area contributed by atoms with Crippen LogP contribution in [0.1, 0.15) is 12.8 Å². The molecule has 1 unspecified atom stereocenters. The highest BCUT2D eigenvalue weighted by molar-refractivity contribution is 7.99. The molecule has 1 amide bonds. The maximum Gasteiger partial charge on any atom is 0.242 e. The molecule has 3 rings (SSSR count). The molecule has 0 saturated carbocycles. The molecule has 1 aromatic rings. The van der Waals surface area contributed by atoms with Crippen LogP contribution in [-0.4, -0.2) is 36.7 Å². The number of carbonyl (C=O) groups is 1. The Morgan fingerprint density at radius 2 is 2.21 bits per heavy atom. The van der Waals surface area contributed by atoms with Crippen LogP contribution >= 0.6 is 11.8 Å². The Labute approximate surface area is 117 Å². The number of rotatable bonds is 3. The van der Waals surface area contributed by atoms with Gasteiger partial charge in [-0.3, -0.25) is 10.1 Å². The molecule has 2 fully saturated rings. The van der Waals surface area contributed by atoms with Gasteiger partial charge in [-0.2, -0.15) is 0 Å². The Morgan fingerprint density at radius 1 is 1.37 bits per heavy atom. The number of benzene rings is 1. The number of hydrogen-bond acceptors (Lipinski definition) is 4. The molecule has 0 aliphatic carbocycles. The third-order valence-electron chi connectivity index (χ3n) is 3.62. The first-order valence-corrected chi connectivity index (χ1v) is 7.95. The summed E-state index contributed by atoms with van der Waals surface area (Å²) in [5.74, 6) is 1.80. The van der Waals surface area contributed by atoms with Gasteiger partial charge in [-0.15, -0.1) is 11.8 Å². The molecule has 2 heterocycles. The van der Waals surface area contributed by atoms with Crippen molar-refractivity contribution in [1.29, 1.82) is 0 Å². The van der Waals surface area contributed by atoms with Crippen molar-refractivity contribution in [2.45, 2.75) is 18.9 Å². The number of amides is 1. The fourth-order valence-electron chi connectivity index (χ4n) is 2.55. The van der Waals surface area contributed by atoms with E-state index in [4.69, 9.17) is 0 Å². The molecular weight excluding hydrogens is 258 g/mol. The Hall–Kier alpha value is -1.20. The number of thioether (sulfide) groups is 1. The number of nitrogens with zero attached hydrogens (tertiary/aromatic N) is 1. The van der Waals surface area contributed by atoms with Crippen LogP contribution in [0.5, 0.6) is 0 Å². The van der Waals surface area contributed by atoms with E-state index in [2.05, 4.69) is 27.7 Å². The molecule has 2 N–H and O–H groups in total. The summed E-state index contributed by atoms with van der Waals surface area (Å²) in [6.45, 7) is 2.25. The summed E-state index contributed by atoms with van der Waals surface area (Å²) in [5.41, 5.74) is 2.11. The lowest BCUT2D eigenvalue weighted by molar-refractivity contribution is -0.117. The normalized spacial score (nSPS) is 22.7. The standard InChI is InChI=1S/C14H19N3OS/c18-14(13-9-19-10-15-13)16-11-4-3-5-12(8-11)17-6-1-2-7-17/h3-5,8,13,15H,1-2,6-7,9-10H2,(H,16,18). The van der Waals surface area contributed by atoms with Gasteiger partial charge in [0.25, 0.3) is 0 Å². The first-order chi connectivity index (χ1) is 9.33. The molecule has 0 bridgehead atoms. The highest BCUT2D eigenvalue weighted by Crippen LogP contribution is 2.23. The molecule has 2 saturated heterocycles. The summed E-state index contributed by atoms with van der Waals surface area (Å²) in [4.78, 5) is 14.4. The molecule has 2 aliphatic heterocycles. The van der Waals surface area contributed by atoms with Gasteiger partial charge in [0, 0.05) is 36.1 Å². The van der Waals surface area contributed by atoms with Gasteiger partial charge in [0.15, 0.2) is 0 Å². The lowest BCUT2D eigenvalue weighted by Crippen LogP contribution is -2.37. The van der Waals surface area contributed by atoms with Crippen LogP contribution in [0.25, 0.3) is 0 Å². The molecule has 0 aromatic heterocycles. The fourth-order valence-corrected chi connectivity index (χ4v) is 3.49. The van der Waals surface area contributed by atoms with Crippen LogP contribution < -0.4 is 15.5 Å². The van der Waals surface area contributed by atoms with E-state index in [0.29, 0.717) is 0 Å². The number of nitrogens with one attached hydrogen (secondary N) is 2. The van der Waals surface area contributed by atoms with E-state index >= 15 is 0 Å². The minimum atomic E-state index is -0.0551. The minimum absolute atomic E-state index is 0.0551. The third kappa shape index (κ3) is 3.04. The fraction of sp³-hybridized carbons (Fsp3) is 0.500. The van der Waals surface area contributed by atoms with Crippen molar-refractivity contribution in [2.24, 2.45) is 0 Å². The quantitative estimate of drug-likeness (QED) is 0.885. The van der Waals surface area contributed by atoms with Gasteiger partial charge in [-0.05, 0) is 31.0 Å². The lowest BCUT2D eigenvalue weighted by Gasteiger charge is -2.19. The monoisotopic (exact) mass is 277 g/mol. The van der Waals surface area contributed by atoms with Crippen LogP contribution in [-0.2, 0) is 4.79 Å². The SMILES string of the molecule is O=C(Nc1cccc(N2CCCC2)c1)C1CSCN1. The summed E-state index contributed by atoms with van der Waals surface area (Å²) in [7, 11) is 0. The minimum Gasteiger partial charge on any atom is -0.371 e. The average Bonchev–Trinajstić information content (AvgIpc) is 3.13. The van der Waals surface area contributed by atoms with E-state index in [9.17, 15) is 4.79 Å². The van der Waals surface area contributed by atoms with Gasteiger partial charge in [0.2, 0.25) is 5.91 Å². The average molecular weight is 277 g/mol. The summed E-state index contributed by atoms with van der Waals surface area (Å²) in [6, 6.07) is 8.11. The van der Waals surface area contributed by atoms with E-state index in [-0.39, 0.29) is 11.9 Å². The van der Waals surface area contributed by atoms with E-state index in [1.54, 1.807) is 11.8 Å². The van der Waals surface area contributed by atoms with Crippen LogP contribution in [0.2, 0.25) is 0 Å². The highest BCUT2D eigenvalue weighted by Gasteiger charge is 2.22. The van der Waals surface area contributed by atoms with Crippen molar-refractivity contribution >= 4 is 29.0 Å². The van der Waals surface area contributed by atoms with Crippen LogP contribution in [0, 0.1) is 0 Å². The van der Waals surface area contributed by atoms with Gasteiger partial charge in [-0.25, -0.2) is 0 Å². The van der Waals surface area contributed by atoms with Crippen molar-refractivity contribution in [3.63, 3.8) is 0 Å². The van der Waals surface area contributed by atoms with Crippen molar-refractivity contribution < 1.29 is 4.79 Å². The highest BCUT2D eigenvalue weighted by atomic mass is 32.2. The first-order valence-electron chi connectivity index (χ1n) is 6.80. The third-order valence-corrected chi connectivity index (χ3v) is 4.56. The first kappa shape index (κ1) is 12.8. The molecule has 0 radical (unpaired) electrons. The van der Waals surface area contributed by atoms with Crippen molar-refractivity contribution in [3.8, 4) is 0 Å². The summed E-state index contributed by atoms with van der Waals surface area (Å²) < 4.78 is 0. The largest absolute Gasteiger partial charge is 0.371 e. The van der Waals surface area contributed by atoms with Gasteiger partial charge in [0.05, 0.1) is 6.04 Å². The van der Waals surface area contributed by atoms with E-state index in [0.717, 1.165) is 30.4 Å². The molecule has 2 aliphatic rings. The number of hydrogen-bond donors (Lipinski definition) is 2. The van der Waals surface area contributed by atoms with Gasteiger partial charge in [-0.1, -0.05) is 6.07 Å². The van der Waals surface area contributed by atoms with Crippen molar-refractivity contribution in [2.75, 3.05) is 34.9 Å². The summed E-state index contributed by atoms with van der Waals surface area (Å²) in [5, 5.41) is 6.19. The molecule has 1 atom stereocenters. The second-order valence-electron chi connectivity index (χ2n) is 5.01. The predicted molar refractivity (Wildman–Crippen MR) is 80.8 cm³/mol. The Kier molecular flexibility index (Phi) is 3.94. The zero-order valence-electron chi connectivity index (χ0n) is 10.9. The lowest BCUT2D eigenvalue weighted by atomic mass is 10.2. The Bertz CT molecular complexity index is 454. The molecule has 102 valence electrons. The van der Waals surface area contributed by atoms with Gasteiger partial charge < -0.3 is 10.2 Å². The van der Waals surface area contributed by atoms with Crippen LogP contribution in [0.4, 0.5) is 11.4 Å². The second-order valence-corrected chi connectivity index (χ2v) is 6.04. The zero-order chi connectivity index (χ0) is 13.1. The summed E-state index contributed by atoms with van der Waals surface area (Å²) >= 11 is 1.76. The van der Waals surface area contributed by atoms with E-state index < -0.39 is 0 Å². The number of anilines is 2. The van der Waals surface area contributed by atoms with E-state index in [1.807, 2.05) is 12.1 Å². The predicted octanol–water partition coefficient (Wildman–Crippen LogP) is 1.89. The maximum atomic E-state index is 12.0. The van der Waals surface area contributed by atoms with Gasteiger partial charge >= 0.3 is 0 Å². The zero-order valence-corrected chi connectivity index (χ0v) is 11.7. The van der Waals surface area contributed by atoms with Crippen LogP contribution in [0.15, 0.2) is 24.3 Å². The Balaban J connectivity index is 1.66. The second kappa shape index (κ2) is 5.84. The smallest absolute Gasteiger partial charge is 0.242 e. The number of carbonyl (C=O) groups excluding carboxylic acids is 1. The van der Waals surface area contributed by atoms with Gasteiger partial charge in [0.1, 0.15) is 0 Å². The van der Waals surface area contributed by atoms with Crippen LogP contribution in [0.3, 0.4) is 0 Å².